The third kappa shape index (κ3) is 9.02. The smallest absolute Gasteiger partial charge is 0.161 e. The Balaban J connectivity index is 0.828. The van der Waals surface area contributed by atoms with Crippen LogP contribution in [0.15, 0.2) is 96.8 Å². The maximum absolute atomic E-state index is 5.87. The largest absolute Gasteiger partial charge is 0.493 e. The number of hydrogen-bond acceptors (Lipinski definition) is 18. The Labute approximate surface area is 484 Å². The first-order chi connectivity index (χ1) is 37.1. The lowest BCUT2D eigenvalue weighted by molar-refractivity contribution is 0.355. The van der Waals surface area contributed by atoms with E-state index >= 15 is 0 Å². The molecule has 0 N–H and O–H groups in total. The number of benzene rings is 6. The van der Waals surface area contributed by atoms with Crippen LogP contribution in [0.1, 0.15) is 45.9 Å². The maximum Gasteiger partial charge on any atom is 0.161 e. The SMILES string of the molecule is COc1cc2c3c(c4cc(OC)c(OC)cc4c2cc1OC)CSC1=C(SC3)SC(=C(C)c2sccc2-c2ccsc2C(C)=C2SC3=C(SCc4c(c5cc(OC)c(OC)cc5c5cc(OC)c(OC)cc45)CS3)S2)S1. The molecular formula is C58H50O8S10. The number of allylic oxidation sites excluding steroid dienone is 2. The van der Waals surface area contributed by atoms with E-state index in [4.69, 9.17) is 37.9 Å². The third-order valence-corrected chi connectivity index (χ3v) is 27.7. The summed E-state index contributed by atoms with van der Waals surface area (Å²) in [5.74, 6) is 8.97. The van der Waals surface area contributed by atoms with Gasteiger partial charge in [0.15, 0.2) is 46.0 Å². The standard InChI is InChI=1S/C58H50O8S10/c1-27(53-73-55-56(74-53)70-24-40-36-20-48(64-8)44(60-4)16-32(36)31-15-43(59-3)47(63-7)19-35(31)39(40)23-69-55)51-29(11-13-67-51)30-12-14-68-52(30)28(2)54-75-57-58(76-54)72-26-42-38-22-50(66-10)46(62-6)18-34(38)33-17-45(61-5)49(65-9)21-37(33)41(42)25-71-57/h11-22H,23-26H2,1-10H3. The van der Waals surface area contributed by atoms with Gasteiger partial charge in [-0.25, -0.2) is 0 Å². The van der Waals surface area contributed by atoms with Crippen molar-refractivity contribution in [3.05, 3.63) is 129 Å². The van der Waals surface area contributed by atoms with E-state index in [9.17, 15) is 0 Å². The number of methoxy groups -OCH3 is 8. The van der Waals surface area contributed by atoms with Crippen molar-refractivity contribution in [3.8, 4) is 57.1 Å². The van der Waals surface area contributed by atoms with E-state index in [-0.39, 0.29) is 0 Å². The first-order valence-corrected chi connectivity index (χ1v) is 32.9. The van der Waals surface area contributed by atoms with Crippen LogP contribution in [-0.2, 0) is 23.0 Å². The predicted octanol–water partition coefficient (Wildman–Crippen LogP) is 19.1. The van der Waals surface area contributed by atoms with Crippen LogP contribution in [0, 0.1) is 0 Å². The van der Waals surface area contributed by atoms with Gasteiger partial charge in [-0.1, -0.05) is 47.0 Å². The van der Waals surface area contributed by atoms with Crippen LogP contribution in [0.3, 0.4) is 0 Å². The molecule has 0 amide bonds. The minimum Gasteiger partial charge on any atom is -0.493 e. The Bertz CT molecular complexity index is 3420. The van der Waals surface area contributed by atoms with E-state index in [0.717, 1.165) is 67.6 Å². The third-order valence-electron chi connectivity index (χ3n) is 14.1. The second-order valence-corrected chi connectivity index (χ2v) is 29.2. The van der Waals surface area contributed by atoms with Gasteiger partial charge in [0.05, 0.1) is 82.3 Å². The lowest BCUT2D eigenvalue weighted by Gasteiger charge is -2.22. The molecule has 0 bridgehead atoms. The number of thioether (sulfide) groups is 8. The molecule has 18 heteroatoms. The molecule has 76 heavy (non-hydrogen) atoms. The molecule has 0 aliphatic carbocycles. The zero-order valence-corrected chi connectivity index (χ0v) is 51.3. The Morgan fingerprint density at radius 2 is 0.553 bits per heavy atom. The van der Waals surface area contributed by atoms with E-state index in [2.05, 4.69) is 85.3 Å². The molecule has 8 aromatic rings. The molecular weight excluding hydrogens is 1150 g/mol. The molecule has 12 rings (SSSR count). The van der Waals surface area contributed by atoms with Crippen molar-refractivity contribution in [1.29, 1.82) is 0 Å². The van der Waals surface area contributed by atoms with Crippen molar-refractivity contribution >= 4 is 171 Å². The van der Waals surface area contributed by atoms with Gasteiger partial charge >= 0.3 is 0 Å². The van der Waals surface area contributed by atoms with Crippen LogP contribution < -0.4 is 37.9 Å². The van der Waals surface area contributed by atoms with Crippen molar-refractivity contribution in [2.45, 2.75) is 36.9 Å². The summed E-state index contributed by atoms with van der Waals surface area (Å²) in [5.41, 5.74) is 10.5. The molecule has 6 heterocycles. The molecule has 8 nitrogen and oxygen atoms in total. The zero-order chi connectivity index (χ0) is 52.5. The highest BCUT2D eigenvalue weighted by Gasteiger charge is 2.33. The van der Waals surface area contributed by atoms with Gasteiger partial charge in [-0.2, -0.15) is 0 Å². The highest BCUT2D eigenvalue weighted by Crippen LogP contribution is 2.64. The van der Waals surface area contributed by atoms with Crippen molar-refractivity contribution in [3.63, 3.8) is 0 Å². The van der Waals surface area contributed by atoms with E-state index in [1.54, 1.807) is 56.9 Å². The second kappa shape index (κ2) is 21.9. The fraction of sp³-hybridized carbons (Fsp3) is 0.241. The fourth-order valence-corrected chi connectivity index (χ4v) is 24.3. The maximum atomic E-state index is 5.87. The van der Waals surface area contributed by atoms with E-state index in [0.29, 0.717) is 23.0 Å². The number of ether oxygens (including phenoxy) is 8. The first kappa shape index (κ1) is 52.6. The Morgan fingerprint density at radius 1 is 0.329 bits per heavy atom. The van der Waals surface area contributed by atoms with Crippen LogP contribution in [0.25, 0.3) is 65.4 Å². The molecule has 0 saturated heterocycles. The minimum absolute atomic E-state index is 0.700. The summed E-state index contributed by atoms with van der Waals surface area (Å²) in [5, 5.41) is 13.6. The molecule has 6 aromatic carbocycles. The highest BCUT2D eigenvalue weighted by atomic mass is 32.3. The number of fused-ring (bicyclic) bond motifs is 12. The highest BCUT2D eigenvalue weighted by molar-refractivity contribution is 8.41. The Kier molecular flexibility index (Phi) is 15.1. The molecule has 4 aliphatic heterocycles. The molecule has 0 unspecified atom stereocenters. The van der Waals surface area contributed by atoms with Crippen LogP contribution >= 0.6 is 117 Å². The van der Waals surface area contributed by atoms with Gasteiger partial charge in [-0.05, 0) is 162 Å². The minimum atomic E-state index is 0.700. The summed E-state index contributed by atoms with van der Waals surface area (Å²) in [6.07, 6.45) is 0. The fourth-order valence-electron chi connectivity index (χ4n) is 10.3. The lowest BCUT2D eigenvalue weighted by atomic mass is 9.92. The van der Waals surface area contributed by atoms with Crippen molar-refractivity contribution in [2.75, 3.05) is 56.9 Å². The molecule has 2 aromatic heterocycles. The summed E-state index contributed by atoms with van der Waals surface area (Å²) >= 11 is 19.1. The lowest BCUT2D eigenvalue weighted by Crippen LogP contribution is -2.01. The number of hydrogen-bond donors (Lipinski definition) is 0. The molecule has 0 radical (unpaired) electrons. The van der Waals surface area contributed by atoms with Crippen LogP contribution in [0.5, 0.6) is 46.0 Å². The quantitative estimate of drug-likeness (QED) is 0.115. The van der Waals surface area contributed by atoms with Crippen LogP contribution in [0.4, 0.5) is 0 Å². The van der Waals surface area contributed by atoms with E-state index < -0.39 is 0 Å². The topological polar surface area (TPSA) is 73.8 Å². The van der Waals surface area contributed by atoms with Crippen molar-refractivity contribution in [2.24, 2.45) is 0 Å². The van der Waals surface area contributed by atoms with Crippen LogP contribution in [0.2, 0.25) is 0 Å². The second-order valence-electron chi connectivity index (χ2n) is 17.8. The molecule has 0 spiro atoms. The average molecular weight is 1200 g/mol. The number of thiophene rings is 2. The van der Waals surface area contributed by atoms with Gasteiger partial charge in [0.25, 0.3) is 0 Å². The first-order valence-electron chi connectivity index (χ1n) is 23.9. The zero-order valence-electron chi connectivity index (χ0n) is 43.1. The molecule has 390 valence electrons. The van der Waals surface area contributed by atoms with Gasteiger partial charge in [0.2, 0.25) is 0 Å². The molecule has 0 fully saturated rings. The normalized spacial score (nSPS) is 15.5. The van der Waals surface area contributed by atoms with Crippen molar-refractivity contribution < 1.29 is 37.9 Å². The van der Waals surface area contributed by atoms with Gasteiger partial charge in [0, 0.05) is 43.9 Å². The van der Waals surface area contributed by atoms with Gasteiger partial charge in [-0.3, -0.25) is 0 Å². The van der Waals surface area contributed by atoms with E-state index in [1.165, 1.54) is 101 Å². The summed E-state index contributed by atoms with van der Waals surface area (Å²) in [6.45, 7) is 4.63. The molecule has 4 aliphatic rings. The average Bonchev–Trinajstić information content (AvgIpc) is 4.37. The summed E-state index contributed by atoms with van der Waals surface area (Å²) < 4.78 is 54.9. The summed E-state index contributed by atoms with van der Waals surface area (Å²) in [7, 11) is 13.6. The van der Waals surface area contributed by atoms with Gasteiger partial charge in [0.1, 0.15) is 0 Å². The van der Waals surface area contributed by atoms with E-state index in [1.807, 2.05) is 117 Å². The monoisotopic (exact) mass is 1190 g/mol. The van der Waals surface area contributed by atoms with Gasteiger partial charge < -0.3 is 37.9 Å². The van der Waals surface area contributed by atoms with Gasteiger partial charge in [-0.15, -0.1) is 69.7 Å². The van der Waals surface area contributed by atoms with Crippen LogP contribution in [-0.4, -0.2) is 56.9 Å². The van der Waals surface area contributed by atoms with Crippen molar-refractivity contribution in [1.82, 2.24) is 0 Å². The Morgan fingerprint density at radius 3 is 0.776 bits per heavy atom. The summed E-state index contributed by atoms with van der Waals surface area (Å²) in [4.78, 5) is 2.65. The summed E-state index contributed by atoms with van der Waals surface area (Å²) in [6, 6.07) is 21.7. The molecule has 0 saturated carbocycles. The molecule has 0 atom stereocenters. The Hall–Kier alpha value is -4.08. The number of rotatable bonds is 11. The predicted molar refractivity (Wildman–Crippen MR) is 338 cm³/mol.